The lowest BCUT2D eigenvalue weighted by Crippen LogP contribution is -1.81. The van der Waals surface area contributed by atoms with Crippen LogP contribution in [-0.4, -0.2) is 0 Å². The Hall–Kier alpha value is -0.520. The molecule has 1 aliphatic rings. The van der Waals surface area contributed by atoms with Crippen LogP contribution < -0.4 is 0 Å². The summed E-state index contributed by atoms with van der Waals surface area (Å²) in [7, 11) is 0. The second-order valence-electron chi connectivity index (χ2n) is 4.60. The van der Waals surface area contributed by atoms with Gasteiger partial charge in [0.25, 0.3) is 0 Å². The second kappa shape index (κ2) is 7.73. The highest BCUT2D eigenvalue weighted by Gasteiger charge is 2.11. The van der Waals surface area contributed by atoms with Crippen LogP contribution in [0.1, 0.15) is 71.6 Å². The van der Waals surface area contributed by atoms with Crippen LogP contribution in [0.2, 0.25) is 0 Å². The van der Waals surface area contributed by atoms with E-state index in [0.717, 1.165) is 0 Å². The smallest absolute Gasteiger partial charge is 0.0276 e. The van der Waals surface area contributed by atoms with Crippen molar-refractivity contribution in [2.45, 2.75) is 71.6 Å². The average Bonchev–Trinajstić information content (AvgIpc) is 2.67. The van der Waals surface area contributed by atoms with Gasteiger partial charge in [-0.15, -0.1) is 0 Å². The van der Waals surface area contributed by atoms with Gasteiger partial charge < -0.3 is 0 Å². The van der Waals surface area contributed by atoms with Gasteiger partial charge in [-0.2, -0.15) is 0 Å². The van der Waals surface area contributed by atoms with E-state index < -0.39 is 0 Å². The van der Waals surface area contributed by atoms with Crippen LogP contribution >= 0.6 is 0 Å². The standard InChI is InChI=1S/C15H26/c1-3-5-7-10-14-12-9-13-15(14)11-8-6-4-2/h10-11H,3-9,12-13H2,1-2H3. The number of hydrogen-bond acceptors (Lipinski definition) is 0. The maximum atomic E-state index is 2.49. The third kappa shape index (κ3) is 4.68. The Bertz CT molecular complexity index is 196. The number of allylic oxidation sites excluding steroid dienone is 4. The fraction of sp³-hybridized carbons (Fsp3) is 0.733. The summed E-state index contributed by atoms with van der Waals surface area (Å²) in [5, 5.41) is 0. The Morgan fingerprint density at radius 1 is 0.867 bits per heavy atom. The molecule has 0 amide bonds. The lowest BCUT2D eigenvalue weighted by atomic mass is 10.1. The Kier molecular flexibility index (Phi) is 6.47. The number of unbranched alkanes of at least 4 members (excludes halogenated alkanes) is 4. The van der Waals surface area contributed by atoms with Crippen LogP contribution in [-0.2, 0) is 0 Å². The van der Waals surface area contributed by atoms with E-state index in [1.807, 2.05) is 0 Å². The summed E-state index contributed by atoms with van der Waals surface area (Å²) in [5.74, 6) is 0. The van der Waals surface area contributed by atoms with Crippen molar-refractivity contribution in [3.63, 3.8) is 0 Å². The minimum absolute atomic E-state index is 1.29. The van der Waals surface area contributed by atoms with Crippen molar-refractivity contribution >= 4 is 0 Å². The molecule has 0 heteroatoms. The van der Waals surface area contributed by atoms with Gasteiger partial charge in [0.1, 0.15) is 0 Å². The van der Waals surface area contributed by atoms with Crippen molar-refractivity contribution in [3.05, 3.63) is 23.3 Å². The quantitative estimate of drug-likeness (QED) is 0.510. The molecule has 0 spiro atoms. The lowest BCUT2D eigenvalue weighted by Gasteiger charge is -2.01. The van der Waals surface area contributed by atoms with Crippen molar-refractivity contribution in [1.82, 2.24) is 0 Å². The van der Waals surface area contributed by atoms with Crippen molar-refractivity contribution in [2.75, 3.05) is 0 Å². The molecule has 0 aliphatic heterocycles. The molecule has 1 fully saturated rings. The molecule has 0 radical (unpaired) electrons. The number of hydrogen-bond donors (Lipinski definition) is 0. The Balaban J connectivity index is 2.41. The van der Waals surface area contributed by atoms with E-state index in [-0.39, 0.29) is 0 Å². The zero-order valence-corrected chi connectivity index (χ0v) is 10.5. The summed E-state index contributed by atoms with van der Waals surface area (Å²) in [4.78, 5) is 0. The molecule has 0 aromatic rings. The fourth-order valence-corrected chi connectivity index (χ4v) is 2.22. The van der Waals surface area contributed by atoms with Gasteiger partial charge >= 0.3 is 0 Å². The van der Waals surface area contributed by atoms with Crippen molar-refractivity contribution < 1.29 is 0 Å². The van der Waals surface area contributed by atoms with E-state index in [2.05, 4.69) is 26.0 Å². The minimum atomic E-state index is 1.29. The van der Waals surface area contributed by atoms with Crippen LogP contribution in [0.15, 0.2) is 23.3 Å². The summed E-state index contributed by atoms with van der Waals surface area (Å²) in [6.07, 6.45) is 17.0. The summed E-state index contributed by atoms with van der Waals surface area (Å²) in [6.45, 7) is 4.54. The molecule has 1 aliphatic carbocycles. The molecule has 0 bridgehead atoms. The third-order valence-electron chi connectivity index (χ3n) is 3.20. The Morgan fingerprint density at radius 2 is 1.33 bits per heavy atom. The summed E-state index contributed by atoms with van der Waals surface area (Å²) in [6, 6.07) is 0. The molecule has 0 saturated heterocycles. The van der Waals surface area contributed by atoms with Gasteiger partial charge in [-0.05, 0) is 43.3 Å². The Labute approximate surface area is 95.5 Å². The molecule has 0 heterocycles. The fourth-order valence-electron chi connectivity index (χ4n) is 2.22. The maximum absolute atomic E-state index is 2.49. The normalized spacial score (nSPS) is 21.7. The van der Waals surface area contributed by atoms with Gasteiger partial charge in [0.15, 0.2) is 0 Å². The van der Waals surface area contributed by atoms with Crippen LogP contribution in [0.3, 0.4) is 0 Å². The molecular weight excluding hydrogens is 180 g/mol. The third-order valence-corrected chi connectivity index (χ3v) is 3.20. The minimum Gasteiger partial charge on any atom is -0.0811 e. The van der Waals surface area contributed by atoms with Crippen LogP contribution in [0.25, 0.3) is 0 Å². The number of rotatable bonds is 6. The molecule has 0 aromatic heterocycles. The van der Waals surface area contributed by atoms with Gasteiger partial charge in [-0.1, -0.05) is 51.7 Å². The van der Waals surface area contributed by atoms with Crippen molar-refractivity contribution in [2.24, 2.45) is 0 Å². The molecule has 0 N–H and O–H groups in total. The predicted octanol–water partition coefficient (Wildman–Crippen LogP) is 5.40. The molecule has 1 saturated carbocycles. The first-order chi connectivity index (χ1) is 7.38. The SMILES string of the molecule is CCCCC=C1CCCC1=CCCCC. The molecule has 0 atom stereocenters. The van der Waals surface area contributed by atoms with E-state index in [9.17, 15) is 0 Å². The summed E-state index contributed by atoms with van der Waals surface area (Å²) in [5.41, 5.74) is 3.33. The summed E-state index contributed by atoms with van der Waals surface area (Å²) < 4.78 is 0. The molecule has 1 rings (SSSR count). The van der Waals surface area contributed by atoms with Crippen LogP contribution in [0, 0.1) is 0 Å². The van der Waals surface area contributed by atoms with Crippen molar-refractivity contribution in [1.29, 1.82) is 0 Å². The molecule has 15 heavy (non-hydrogen) atoms. The first-order valence-electron chi connectivity index (χ1n) is 6.77. The largest absolute Gasteiger partial charge is 0.0811 e. The highest BCUT2D eigenvalue weighted by Crippen LogP contribution is 2.31. The van der Waals surface area contributed by atoms with E-state index in [1.54, 1.807) is 11.1 Å². The average molecular weight is 206 g/mol. The first-order valence-corrected chi connectivity index (χ1v) is 6.77. The molecule has 0 unspecified atom stereocenters. The van der Waals surface area contributed by atoms with E-state index in [0.29, 0.717) is 0 Å². The Morgan fingerprint density at radius 3 is 1.73 bits per heavy atom. The van der Waals surface area contributed by atoms with E-state index in [4.69, 9.17) is 0 Å². The van der Waals surface area contributed by atoms with Gasteiger partial charge in [0.05, 0.1) is 0 Å². The highest BCUT2D eigenvalue weighted by molar-refractivity contribution is 5.34. The zero-order valence-electron chi connectivity index (χ0n) is 10.5. The van der Waals surface area contributed by atoms with Gasteiger partial charge in [-0.25, -0.2) is 0 Å². The first kappa shape index (κ1) is 12.5. The van der Waals surface area contributed by atoms with Gasteiger partial charge in [0.2, 0.25) is 0 Å². The predicted molar refractivity (Wildman–Crippen MR) is 69.1 cm³/mol. The molecule has 0 nitrogen and oxygen atoms in total. The molecule has 0 aromatic carbocycles. The zero-order chi connectivity index (χ0) is 10.9. The molecule has 86 valence electrons. The second-order valence-corrected chi connectivity index (χ2v) is 4.60. The van der Waals surface area contributed by atoms with Crippen LogP contribution in [0.4, 0.5) is 0 Å². The monoisotopic (exact) mass is 206 g/mol. The topological polar surface area (TPSA) is 0 Å². The molecular formula is C15H26. The maximum Gasteiger partial charge on any atom is -0.0276 e. The lowest BCUT2D eigenvalue weighted by molar-refractivity contribution is 0.806. The van der Waals surface area contributed by atoms with E-state index in [1.165, 1.54) is 57.8 Å². The van der Waals surface area contributed by atoms with Gasteiger partial charge in [-0.3, -0.25) is 0 Å². The highest BCUT2D eigenvalue weighted by atomic mass is 14.2. The van der Waals surface area contributed by atoms with E-state index >= 15 is 0 Å². The van der Waals surface area contributed by atoms with Crippen molar-refractivity contribution in [3.8, 4) is 0 Å². The van der Waals surface area contributed by atoms with Crippen LogP contribution in [0.5, 0.6) is 0 Å². The van der Waals surface area contributed by atoms with Gasteiger partial charge in [0, 0.05) is 0 Å². The summed E-state index contributed by atoms with van der Waals surface area (Å²) >= 11 is 0.